The molecule has 0 radical (unpaired) electrons. The first-order valence-corrected chi connectivity index (χ1v) is 8.06. The maximum Gasteiger partial charge on any atom is 0.159 e. The predicted octanol–water partition coefficient (Wildman–Crippen LogP) is 2.16. The van der Waals surface area contributed by atoms with E-state index >= 15 is 0 Å². The first-order chi connectivity index (χ1) is 8.44. The molecule has 0 amide bonds. The summed E-state index contributed by atoms with van der Waals surface area (Å²) in [6.45, 7) is 6.29. The second kappa shape index (κ2) is 5.02. The zero-order chi connectivity index (χ0) is 13.3. The van der Waals surface area contributed by atoms with Crippen LogP contribution in [-0.4, -0.2) is 25.5 Å². The van der Waals surface area contributed by atoms with Gasteiger partial charge in [0.15, 0.2) is 9.84 Å². The monoisotopic (exact) mass is 267 g/mol. The number of nitrogens with one attached hydrogen (secondary N) is 1. The Labute approximate surface area is 110 Å². The maximum atomic E-state index is 12.5. The summed E-state index contributed by atoms with van der Waals surface area (Å²) in [4.78, 5) is 0. The largest absolute Gasteiger partial charge is 0.308 e. The molecule has 1 aromatic carbocycles. The third kappa shape index (κ3) is 2.31. The number of hydrogen-bond acceptors (Lipinski definition) is 3. The Bertz CT molecular complexity index is 496. The fourth-order valence-electron chi connectivity index (χ4n) is 2.72. The highest BCUT2D eigenvalue weighted by Crippen LogP contribution is 2.33. The van der Waals surface area contributed by atoms with Crippen molar-refractivity contribution >= 4 is 9.84 Å². The van der Waals surface area contributed by atoms with E-state index in [0.717, 1.165) is 5.56 Å². The van der Waals surface area contributed by atoms with Gasteiger partial charge in [-0.2, -0.15) is 0 Å². The van der Waals surface area contributed by atoms with Crippen LogP contribution in [0.4, 0.5) is 0 Å². The zero-order valence-electron chi connectivity index (χ0n) is 11.1. The van der Waals surface area contributed by atoms with E-state index in [1.807, 2.05) is 44.2 Å². The molecular formula is C14H21NO2S. The van der Waals surface area contributed by atoms with Crippen LogP contribution in [0.5, 0.6) is 0 Å². The van der Waals surface area contributed by atoms with Crippen molar-refractivity contribution in [1.82, 2.24) is 5.32 Å². The summed E-state index contributed by atoms with van der Waals surface area (Å²) in [5.41, 5.74) is 1.06. The summed E-state index contributed by atoms with van der Waals surface area (Å²) >= 11 is 0. The van der Waals surface area contributed by atoms with Gasteiger partial charge in [-0.05, 0) is 18.4 Å². The van der Waals surface area contributed by atoms with E-state index in [9.17, 15) is 8.42 Å². The molecule has 0 bridgehead atoms. The maximum absolute atomic E-state index is 12.5. The molecule has 0 aliphatic carbocycles. The molecule has 100 valence electrons. The molecule has 1 aromatic rings. The number of rotatable bonds is 2. The number of hydrogen-bond donors (Lipinski definition) is 1. The van der Waals surface area contributed by atoms with Gasteiger partial charge >= 0.3 is 0 Å². The van der Waals surface area contributed by atoms with Crippen molar-refractivity contribution < 1.29 is 8.42 Å². The quantitative estimate of drug-likeness (QED) is 0.893. The van der Waals surface area contributed by atoms with Crippen molar-refractivity contribution in [3.8, 4) is 0 Å². The van der Waals surface area contributed by atoms with Crippen LogP contribution in [0, 0.1) is 5.92 Å². The summed E-state index contributed by atoms with van der Waals surface area (Å²) in [5, 5.41) is 2.75. The summed E-state index contributed by atoms with van der Waals surface area (Å²) in [5.74, 6) is 0.107. The van der Waals surface area contributed by atoms with Gasteiger partial charge in [0.2, 0.25) is 0 Å². The van der Waals surface area contributed by atoms with Gasteiger partial charge in [-0.15, -0.1) is 0 Å². The van der Waals surface area contributed by atoms with Crippen LogP contribution in [-0.2, 0) is 9.84 Å². The Hall–Kier alpha value is -0.870. The van der Waals surface area contributed by atoms with E-state index in [1.165, 1.54) is 0 Å². The Balaban J connectivity index is 2.42. The van der Waals surface area contributed by atoms with Crippen LogP contribution < -0.4 is 5.32 Å². The molecule has 3 nitrogen and oxygen atoms in total. The van der Waals surface area contributed by atoms with Crippen molar-refractivity contribution in [1.29, 1.82) is 0 Å². The summed E-state index contributed by atoms with van der Waals surface area (Å²) in [7, 11) is -3.06. The van der Waals surface area contributed by atoms with E-state index < -0.39 is 9.84 Å². The van der Waals surface area contributed by atoms with Gasteiger partial charge in [-0.25, -0.2) is 8.42 Å². The Morgan fingerprint density at radius 2 is 1.83 bits per heavy atom. The second-order valence-corrected chi connectivity index (χ2v) is 7.93. The average Bonchev–Trinajstić information content (AvgIpc) is 2.33. The Morgan fingerprint density at radius 3 is 2.39 bits per heavy atom. The lowest BCUT2D eigenvalue weighted by atomic mass is 9.96. The molecule has 4 heteroatoms. The van der Waals surface area contributed by atoms with E-state index in [0.29, 0.717) is 6.54 Å². The van der Waals surface area contributed by atoms with E-state index in [-0.39, 0.29) is 22.5 Å². The minimum Gasteiger partial charge on any atom is -0.308 e. The van der Waals surface area contributed by atoms with E-state index in [4.69, 9.17) is 0 Å². The standard InChI is InChI=1S/C14H21NO2S/c1-10(2)14-13(12-7-5-4-6-8-12)15-9-11(3)18(14,16)17/h4-8,10-11,13-15H,9H2,1-3H3. The summed E-state index contributed by atoms with van der Waals surface area (Å²) in [6, 6.07) is 9.77. The fourth-order valence-corrected chi connectivity index (χ4v) is 4.97. The van der Waals surface area contributed by atoms with Gasteiger partial charge in [-0.3, -0.25) is 0 Å². The van der Waals surface area contributed by atoms with Crippen LogP contribution >= 0.6 is 0 Å². The van der Waals surface area contributed by atoms with Crippen molar-refractivity contribution in [2.45, 2.75) is 37.3 Å². The van der Waals surface area contributed by atoms with Gasteiger partial charge < -0.3 is 5.32 Å². The molecule has 1 fully saturated rings. The molecule has 18 heavy (non-hydrogen) atoms. The lowest BCUT2D eigenvalue weighted by Gasteiger charge is -2.38. The van der Waals surface area contributed by atoms with E-state index in [1.54, 1.807) is 6.92 Å². The average molecular weight is 267 g/mol. The SMILES string of the molecule is CC(C)C1C(c2ccccc2)NCC(C)S1(=O)=O. The molecular weight excluding hydrogens is 246 g/mol. The first-order valence-electron chi connectivity index (χ1n) is 6.45. The minimum absolute atomic E-state index is 0.0904. The van der Waals surface area contributed by atoms with Crippen LogP contribution in [0.25, 0.3) is 0 Å². The third-order valence-electron chi connectivity index (χ3n) is 3.71. The van der Waals surface area contributed by atoms with Gasteiger partial charge in [0, 0.05) is 12.6 Å². The van der Waals surface area contributed by atoms with Crippen molar-refractivity contribution in [3.63, 3.8) is 0 Å². The number of sulfone groups is 1. The Kier molecular flexibility index (Phi) is 3.78. The highest BCUT2D eigenvalue weighted by atomic mass is 32.2. The highest BCUT2D eigenvalue weighted by Gasteiger charge is 2.43. The molecule has 1 saturated heterocycles. The zero-order valence-corrected chi connectivity index (χ0v) is 11.9. The molecule has 0 spiro atoms. The van der Waals surface area contributed by atoms with E-state index in [2.05, 4.69) is 5.32 Å². The van der Waals surface area contributed by atoms with Crippen molar-refractivity contribution in [2.24, 2.45) is 5.92 Å². The van der Waals surface area contributed by atoms with Crippen molar-refractivity contribution in [2.75, 3.05) is 6.54 Å². The van der Waals surface area contributed by atoms with Crippen LogP contribution in [0.3, 0.4) is 0 Å². The lowest BCUT2D eigenvalue weighted by molar-refractivity contribution is 0.392. The predicted molar refractivity (Wildman–Crippen MR) is 74.2 cm³/mol. The first kappa shape index (κ1) is 13.6. The van der Waals surface area contributed by atoms with Gasteiger partial charge in [-0.1, -0.05) is 44.2 Å². The van der Waals surface area contributed by atoms with Gasteiger partial charge in [0.25, 0.3) is 0 Å². The molecule has 1 aliphatic heterocycles. The molecule has 3 atom stereocenters. The van der Waals surface area contributed by atoms with Crippen LogP contribution in [0.1, 0.15) is 32.4 Å². The molecule has 1 heterocycles. The summed E-state index contributed by atoms with van der Waals surface area (Å²) in [6.07, 6.45) is 0. The summed E-state index contributed by atoms with van der Waals surface area (Å²) < 4.78 is 25.0. The van der Waals surface area contributed by atoms with Gasteiger partial charge in [0.05, 0.1) is 10.5 Å². The molecule has 2 rings (SSSR count). The molecule has 1 N–H and O–H groups in total. The minimum atomic E-state index is -3.06. The number of benzene rings is 1. The molecule has 1 aliphatic rings. The smallest absolute Gasteiger partial charge is 0.159 e. The second-order valence-electron chi connectivity index (χ2n) is 5.40. The molecule has 3 unspecified atom stereocenters. The van der Waals surface area contributed by atoms with Crippen LogP contribution in [0.15, 0.2) is 30.3 Å². The third-order valence-corrected chi connectivity index (χ3v) is 6.57. The van der Waals surface area contributed by atoms with Gasteiger partial charge in [0.1, 0.15) is 0 Å². The van der Waals surface area contributed by atoms with Crippen molar-refractivity contribution in [3.05, 3.63) is 35.9 Å². The van der Waals surface area contributed by atoms with Crippen LogP contribution in [0.2, 0.25) is 0 Å². The fraction of sp³-hybridized carbons (Fsp3) is 0.571. The lowest BCUT2D eigenvalue weighted by Crippen LogP contribution is -2.52. The highest BCUT2D eigenvalue weighted by molar-refractivity contribution is 7.92. The Morgan fingerprint density at radius 1 is 1.22 bits per heavy atom. The normalized spacial score (nSPS) is 31.4. The molecule has 0 aromatic heterocycles. The molecule has 0 saturated carbocycles. The topological polar surface area (TPSA) is 46.2 Å².